The molecule has 0 saturated carbocycles. The van der Waals surface area contributed by atoms with E-state index in [-0.39, 0.29) is 24.8 Å². The standard InChI is InChI=1S/C19H20ClNO5/c1-21(10-16(23)11-22)18(24)12-26-17-8-4-14(5-9-17)19(25)13-2-6-15(20)7-3-13/h2-9,16,22-23H,10-12H2,1H3. The van der Waals surface area contributed by atoms with Crippen molar-refractivity contribution in [2.24, 2.45) is 0 Å². The quantitative estimate of drug-likeness (QED) is 0.684. The van der Waals surface area contributed by atoms with Gasteiger partial charge in [-0.3, -0.25) is 9.59 Å². The van der Waals surface area contributed by atoms with Gasteiger partial charge in [0.1, 0.15) is 5.75 Å². The highest BCUT2D eigenvalue weighted by Gasteiger charge is 2.14. The second-order valence-electron chi connectivity index (χ2n) is 5.76. The van der Waals surface area contributed by atoms with Gasteiger partial charge in [-0.05, 0) is 48.5 Å². The Morgan fingerprint density at radius 2 is 1.62 bits per heavy atom. The summed E-state index contributed by atoms with van der Waals surface area (Å²) in [5, 5.41) is 18.7. The molecule has 7 heteroatoms. The normalized spacial score (nSPS) is 11.7. The van der Waals surface area contributed by atoms with E-state index in [2.05, 4.69) is 0 Å². The SMILES string of the molecule is CN(CC(O)CO)C(=O)COc1ccc(C(=O)c2ccc(Cl)cc2)cc1. The second-order valence-corrected chi connectivity index (χ2v) is 6.20. The van der Waals surface area contributed by atoms with Crippen LogP contribution in [0.5, 0.6) is 5.75 Å². The number of hydrogen-bond donors (Lipinski definition) is 2. The van der Waals surface area contributed by atoms with Crippen LogP contribution in [0.3, 0.4) is 0 Å². The fourth-order valence-corrected chi connectivity index (χ4v) is 2.33. The average Bonchev–Trinajstić information content (AvgIpc) is 2.66. The zero-order chi connectivity index (χ0) is 19.1. The van der Waals surface area contributed by atoms with Gasteiger partial charge in [0, 0.05) is 29.7 Å². The lowest BCUT2D eigenvalue weighted by Gasteiger charge is -2.19. The predicted octanol–water partition coefficient (Wildman–Crippen LogP) is 1.76. The number of carbonyl (C=O) groups excluding carboxylic acids is 2. The van der Waals surface area contributed by atoms with Crippen LogP contribution in [-0.2, 0) is 4.79 Å². The molecule has 0 radical (unpaired) electrons. The molecule has 138 valence electrons. The maximum Gasteiger partial charge on any atom is 0.260 e. The number of ether oxygens (including phenoxy) is 1. The summed E-state index contributed by atoms with van der Waals surface area (Å²) in [5.74, 6) is -0.0250. The number of hydrogen-bond acceptors (Lipinski definition) is 5. The van der Waals surface area contributed by atoms with Crippen LogP contribution in [0.15, 0.2) is 48.5 Å². The molecular formula is C19H20ClNO5. The van der Waals surface area contributed by atoms with Crippen molar-refractivity contribution in [3.05, 3.63) is 64.7 Å². The van der Waals surface area contributed by atoms with E-state index in [4.69, 9.17) is 21.4 Å². The van der Waals surface area contributed by atoms with Crippen molar-refractivity contribution < 1.29 is 24.5 Å². The van der Waals surface area contributed by atoms with Crippen LogP contribution in [-0.4, -0.2) is 59.7 Å². The summed E-state index contributed by atoms with van der Waals surface area (Å²) in [4.78, 5) is 25.5. The van der Waals surface area contributed by atoms with Crippen molar-refractivity contribution in [3.8, 4) is 5.75 Å². The Morgan fingerprint density at radius 3 is 2.15 bits per heavy atom. The molecule has 0 aliphatic rings. The van der Waals surface area contributed by atoms with Gasteiger partial charge in [-0.25, -0.2) is 0 Å². The molecule has 2 N–H and O–H groups in total. The van der Waals surface area contributed by atoms with Gasteiger partial charge in [0.2, 0.25) is 0 Å². The van der Waals surface area contributed by atoms with Crippen LogP contribution in [0.4, 0.5) is 0 Å². The lowest BCUT2D eigenvalue weighted by molar-refractivity contribution is -0.133. The molecule has 0 heterocycles. The minimum atomic E-state index is -0.984. The zero-order valence-corrected chi connectivity index (χ0v) is 15.0. The molecule has 6 nitrogen and oxygen atoms in total. The van der Waals surface area contributed by atoms with E-state index in [1.165, 1.54) is 11.9 Å². The van der Waals surface area contributed by atoms with Crippen LogP contribution in [0, 0.1) is 0 Å². The van der Waals surface area contributed by atoms with Gasteiger partial charge in [0.15, 0.2) is 12.4 Å². The van der Waals surface area contributed by atoms with E-state index < -0.39 is 12.7 Å². The predicted molar refractivity (Wildman–Crippen MR) is 97.6 cm³/mol. The molecule has 0 aliphatic carbocycles. The minimum absolute atomic E-state index is 0.0211. The molecule has 2 aromatic carbocycles. The molecule has 0 spiro atoms. The third-order valence-corrected chi connectivity index (χ3v) is 3.96. The van der Waals surface area contributed by atoms with Crippen LogP contribution in [0.25, 0.3) is 0 Å². The summed E-state index contributed by atoms with van der Waals surface area (Å²) in [6.45, 7) is -0.603. The summed E-state index contributed by atoms with van der Waals surface area (Å²) in [6.07, 6.45) is -0.984. The highest BCUT2D eigenvalue weighted by atomic mass is 35.5. The Labute approximate surface area is 156 Å². The van der Waals surface area contributed by atoms with Crippen molar-refractivity contribution in [1.29, 1.82) is 0 Å². The number of amides is 1. The number of benzene rings is 2. The molecule has 1 unspecified atom stereocenters. The maximum absolute atomic E-state index is 12.4. The first-order chi connectivity index (χ1) is 12.4. The highest BCUT2D eigenvalue weighted by molar-refractivity contribution is 6.30. The molecule has 0 bridgehead atoms. The lowest BCUT2D eigenvalue weighted by Crippen LogP contribution is -2.38. The monoisotopic (exact) mass is 377 g/mol. The van der Waals surface area contributed by atoms with Gasteiger partial charge in [-0.2, -0.15) is 0 Å². The lowest BCUT2D eigenvalue weighted by atomic mass is 10.0. The molecule has 26 heavy (non-hydrogen) atoms. The van der Waals surface area contributed by atoms with E-state index in [1.54, 1.807) is 48.5 Å². The Hall–Kier alpha value is -2.41. The number of aliphatic hydroxyl groups is 2. The topological polar surface area (TPSA) is 87.1 Å². The number of halogens is 1. The Bertz CT molecular complexity index is 746. The third-order valence-electron chi connectivity index (χ3n) is 3.71. The van der Waals surface area contributed by atoms with Crippen molar-refractivity contribution in [1.82, 2.24) is 4.90 Å². The van der Waals surface area contributed by atoms with E-state index in [0.717, 1.165) is 0 Å². The van der Waals surface area contributed by atoms with Crippen LogP contribution < -0.4 is 4.74 Å². The van der Waals surface area contributed by atoms with Gasteiger partial charge >= 0.3 is 0 Å². The zero-order valence-electron chi connectivity index (χ0n) is 14.3. The van der Waals surface area contributed by atoms with E-state index >= 15 is 0 Å². The summed E-state index contributed by atoms with van der Waals surface area (Å²) in [7, 11) is 1.51. The van der Waals surface area contributed by atoms with Gasteiger partial charge in [-0.1, -0.05) is 11.6 Å². The molecule has 0 aromatic heterocycles. The second kappa shape index (κ2) is 9.33. The van der Waals surface area contributed by atoms with Gasteiger partial charge < -0.3 is 19.8 Å². The molecule has 0 aliphatic heterocycles. The molecule has 0 fully saturated rings. The van der Waals surface area contributed by atoms with E-state index in [1.807, 2.05) is 0 Å². The molecular weight excluding hydrogens is 358 g/mol. The molecule has 1 amide bonds. The van der Waals surface area contributed by atoms with E-state index in [9.17, 15) is 14.7 Å². The fraction of sp³-hybridized carbons (Fsp3) is 0.263. The smallest absolute Gasteiger partial charge is 0.260 e. The summed E-state index contributed by atoms with van der Waals surface area (Å²) in [6, 6.07) is 13.1. The molecule has 2 aromatic rings. The number of ketones is 1. The van der Waals surface area contributed by atoms with Crippen molar-refractivity contribution in [3.63, 3.8) is 0 Å². The molecule has 2 rings (SSSR count). The number of rotatable bonds is 8. The average molecular weight is 378 g/mol. The minimum Gasteiger partial charge on any atom is -0.484 e. The number of nitrogens with zero attached hydrogens (tertiary/aromatic N) is 1. The van der Waals surface area contributed by atoms with Crippen molar-refractivity contribution >= 4 is 23.3 Å². The number of likely N-dealkylation sites (N-methyl/N-ethyl adjacent to an activating group) is 1. The van der Waals surface area contributed by atoms with Gasteiger partial charge in [0.05, 0.1) is 12.7 Å². The highest BCUT2D eigenvalue weighted by Crippen LogP contribution is 2.17. The largest absolute Gasteiger partial charge is 0.484 e. The first-order valence-corrected chi connectivity index (χ1v) is 8.34. The van der Waals surface area contributed by atoms with Crippen molar-refractivity contribution in [2.45, 2.75) is 6.10 Å². The maximum atomic E-state index is 12.4. The van der Waals surface area contributed by atoms with Crippen LogP contribution in [0.2, 0.25) is 5.02 Å². The van der Waals surface area contributed by atoms with Crippen LogP contribution in [0.1, 0.15) is 15.9 Å². The summed E-state index contributed by atoms with van der Waals surface area (Å²) in [5.41, 5.74) is 1.02. The third kappa shape index (κ3) is 5.56. The first kappa shape index (κ1) is 19.9. The number of carbonyl (C=O) groups is 2. The Morgan fingerprint density at radius 1 is 1.08 bits per heavy atom. The Balaban J connectivity index is 1.92. The Kier molecular flexibility index (Phi) is 7.15. The van der Waals surface area contributed by atoms with E-state index in [0.29, 0.717) is 21.9 Å². The van der Waals surface area contributed by atoms with Gasteiger partial charge in [0.25, 0.3) is 5.91 Å². The van der Waals surface area contributed by atoms with Gasteiger partial charge in [-0.15, -0.1) is 0 Å². The summed E-state index contributed by atoms with van der Waals surface area (Å²) >= 11 is 5.82. The number of aliphatic hydroxyl groups excluding tert-OH is 2. The fourth-order valence-electron chi connectivity index (χ4n) is 2.20. The first-order valence-electron chi connectivity index (χ1n) is 7.96. The van der Waals surface area contributed by atoms with Crippen molar-refractivity contribution in [2.75, 3.05) is 26.8 Å². The molecule has 1 atom stereocenters. The summed E-state index contributed by atoms with van der Waals surface area (Å²) < 4.78 is 5.40. The molecule has 0 saturated heterocycles. The van der Waals surface area contributed by atoms with Crippen LogP contribution >= 0.6 is 11.6 Å².